The number of hydrogen-bond donors (Lipinski definition) is 0. The standard InChI is InChI=1S/C8H15NO/c1-6(7-4-5-7)8(10)9(2)3/h6-7H,4-5H2,1-3H3/t6-/m0/s1. The molecule has 0 spiro atoms. The molecular formula is C8H15NO. The highest BCUT2D eigenvalue weighted by Gasteiger charge is 2.33. The van der Waals surface area contributed by atoms with Gasteiger partial charge in [0.15, 0.2) is 0 Å². The van der Waals surface area contributed by atoms with E-state index in [-0.39, 0.29) is 11.8 Å². The van der Waals surface area contributed by atoms with E-state index in [2.05, 4.69) is 0 Å². The average molecular weight is 141 g/mol. The van der Waals surface area contributed by atoms with Gasteiger partial charge in [-0.3, -0.25) is 4.79 Å². The van der Waals surface area contributed by atoms with E-state index < -0.39 is 0 Å². The zero-order valence-corrected chi connectivity index (χ0v) is 6.92. The van der Waals surface area contributed by atoms with Crippen LogP contribution in [0, 0.1) is 11.8 Å². The summed E-state index contributed by atoms with van der Waals surface area (Å²) in [5, 5.41) is 0. The van der Waals surface area contributed by atoms with Crippen LogP contribution in [0.3, 0.4) is 0 Å². The van der Waals surface area contributed by atoms with Crippen molar-refractivity contribution in [3.05, 3.63) is 0 Å². The second-order valence-corrected chi connectivity index (χ2v) is 3.36. The van der Waals surface area contributed by atoms with E-state index in [0.29, 0.717) is 5.92 Å². The van der Waals surface area contributed by atoms with Gasteiger partial charge < -0.3 is 4.90 Å². The minimum absolute atomic E-state index is 0.259. The molecule has 10 heavy (non-hydrogen) atoms. The van der Waals surface area contributed by atoms with Crippen molar-refractivity contribution in [2.45, 2.75) is 19.8 Å². The Morgan fingerprint density at radius 3 is 2.30 bits per heavy atom. The van der Waals surface area contributed by atoms with Crippen molar-refractivity contribution in [3.8, 4) is 0 Å². The summed E-state index contributed by atoms with van der Waals surface area (Å²) in [5.74, 6) is 1.23. The number of hydrogen-bond acceptors (Lipinski definition) is 1. The predicted molar refractivity (Wildman–Crippen MR) is 40.6 cm³/mol. The lowest BCUT2D eigenvalue weighted by Gasteiger charge is -2.15. The van der Waals surface area contributed by atoms with Crippen LogP contribution in [-0.4, -0.2) is 24.9 Å². The summed E-state index contributed by atoms with van der Waals surface area (Å²) in [6.07, 6.45) is 2.50. The van der Waals surface area contributed by atoms with Crippen LogP contribution in [0.2, 0.25) is 0 Å². The van der Waals surface area contributed by atoms with Gasteiger partial charge in [-0.2, -0.15) is 0 Å². The van der Waals surface area contributed by atoms with Crippen LogP contribution >= 0.6 is 0 Å². The van der Waals surface area contributed by atoms with Crippen molar-refractivity contribution in [1.82, 2.24) is 4.90 Å². The molecule has 1 aliphatic rings. The van der Waals surface area contributed by atoms with Gasteiger partial charge in [0.25, 0.3) is 0 Å². The molecule has 2 heteroatoms. The molecule has 1 aliphatic carbocycles. The van der Waals surface area contributed by atoms with Crippen molar-refractivity contribution in [2.24, 2.45) is 11.8 Å². The summed E-state index contributed by atoms with van der Waals surface area (Å²) in [6.45, 7) is 2.03. The summed E-state index contributed by atoms with van der Waals surface area (Å²) >= 11 is 0. The Kier molecular flexibility index (Phi) is 1.97. The van der Waals surface area contributed by atoms with Crippen LogP contribution in [0.4, 0.5) is 0 Å². The number of rotatable bonds is 2. The molecule has 1 amide bonds. The Balaban J connectivity index is 2.38. The van der Waals surface area contributed by atoms with E-state index in [1.54, 1.807) is 4.90 Å². The molecular weight excluding hydrogens is 126 g/mol. The molecule has 2 nitrogen and oxygen atoms in total. The highest BCUT2D eigenvalue weighted by molar-refractivity contribution is 5.78. The van der Waals surface area contributed by atoms with Gasteiger partial charge in [0, 0.05) is 20.0 Å². The Morgan fingerprint density at radius 1 is 1.50 bits per heavy atom. The van der Waals surface area contributed by atoms with Crippen LogP contribution in [0.1, 0.15) is 19.8 Å². The molecule has 0 unspecified atom stereocenters. The molecule has 0 bridgehead atoms. The second-order valence-electron chi connectivity index (χ2n) is 3.36. The molecule has 0 aromatic carbocycles. The number of carbonyl (C=O) groups excluding carboxylic acids is 1. The summed E-state index contributed by atoms with van der Waals surface area (Å²) in [6, 6.07) is 0. The third-order valence-electron chi connectivity index (χ3n) is 2.16. The Bertz CT molecular complexity index is 138. The minimum atomic E-state index is 0.259. The van der Waals surface area contributed by atoms with Gasteiger partial charge in [-0.25, -0.2) is 0 Å². The third kappa shape index (κ3) is 1.49. The predicted octanol–water partition coefficient (Wildman–Crippen LogP) is 1.12. The molecule has 58 valence electrons. The Hall–Kier alpha value is -0.530. The number of carbonyl (C=O) groups is 1. The zero-order valence-electron chi connectivity index (χ0n) is 6.92. The molecule has 1 saturated carbocycles. The third-order valence-corrected chi connectivity index (χ3v) is 2.16. The zero-order chi connectivity index (χ0) is 7.72. The molecule has 0 aromatic rings. The summed E-state index contributed by atoms with van der Waals surface area (Å²) in [4.78, 5) is 12.9. The maximum absolute atomic E-state index is 11.3. The molecule has 0 aromatic heterocycles. The van der Waals surface area contributed by atoms with E-state index in [0.717, 1.165) is 0 Å². The maximum Gasteiger partial charge on any atom is 0.225 e. The molecule has 0 aliphatic heterocycles. The molecule has 0 saturated heterocycles. The fourth-order valence-corrected chi connectivity index (χ4v) is 1.21. The summed E-state index contributed by atoms with van der Waals surface area (Å²) in [7, 11) is 3.64. The average Bonchev–Trinajstić information content (AvgIpc) is 2.65. The topological polar surface area (TPSA) is 20.3 Å². The van der Waals surface area contributed by atoms with E-state index in [9.17, 15) is 4.79 Å². The van der Waals surface area contributed by atoms with Gasteiger partial charge in [-0.1, -0.05) is 6.92 Å². The Labute approximate surface area is 62.2 Å². The maximum atomic E-state index is 11.3. The van der Waals surface area contributed by atoms with Crippen molar-refractivity contribution >= 4 is 5.91 Å². The van der Waals surface area contributed by atoms with Crippen molar-refractivity contribution in [1.29, 1.82) is 0 Å². The molecule has 0 radical (unpaired) electrons. The quantitative estimate of drug-likeness (QED) is 0.564. The number of nitrogens with zero attached hydrogens (tertiary/aromatic N) is 1. The largest absolute Gasteiger partial charge is 0.349 e. The van der Waals surface area contributed by atoms with Crippen molar-refractivity contribution < 1.29 is 4.79 Å². The molecule has 1 atom stereocenters. The van der Waals surface area contributed by atoms with Gasteiger partial charge in [0.05, 0.1) is 0 Å². The van der Waals surface area contributed by atoms with E-state index >= 15 is 0 Å². The lowest BCUT2D eigenvalue weighted by atomic mass is 10.1. The molecule has 1 rings (SSSR count). The number of amides is 1. The first-order chi connectivity index (χ1) is 4.63. The minimum Gasteiger partial charge on any atom is -0.349 e. The van der Waals surface area contributed by atoms with Crippen LogP contribution in [-0.2, 0) is 4.79 Å². The first-order valence-corrected chi connectivity index (χ1v) is 3.84. The first kappa shape index (κ1) is 7.58. The van der Waals surface area contributed by atoms with E-state index in [4.69, 9.17) is 0 Å². The van der Waals surface area contributed by atoms with Gasteiger partial charge in [0.2, 0.25) is 5.91 Å². The lowest BCUT2D eigenvalue weighted by Crippen LogP contribution is -2.28. The molecule has 0 N–H and O–H groups in total. The van der Waals surface area contributed by atoms with Crippen molar-refractivity contribution in [3.63, 3.8) is 0 Å². The van der Waals surface area contributed by atoms with E-state index in [1.807, 2.05) is 21.0 Å². The van der Waals surface area contributed by atoms with Gasteiger partial charge in [-0.15, -0.1) is 0 Å². The second kappa shape index (κ2) is 2.60. The highest BCUT2D eigenvalue weighted by Crippen LogP contribution is 2.37. The Morgan fingerprint density at radius 2 is 2.00 bits per heavy atom. The van der Waals surface area contributed by atoms with E-state index in [1.165, 1.54) is 12.8 Å². The molecule has 0 heterocycles. The van der Waals surface area contributed by atoms with Crippen LogP contribution in [0.25, 0.3) is 0 Å². The van der Waals surface area contributed by atoms with Gasteiger partial charge in [-0.05, 0) is 18.8 Å². The van der Waals surface area contributed by atoms with Crippen LogP contribution in [0.5, 0.6) is 0 Å². The lowest BCUT2D eigenvalue weighted by molar-refractivity contribution is -0.133. The summed E-state index contributed by atoms with van der Waals surface area (Å²) < 4.78 is 0. The van der Waals surface area contributed by atoms with Gasteiger partial charge >= 0.3 is 0 Å². The summed E-state index contributed by atoms with van der Waals surface area (Å²) in [5.41, 5.74) is 0. The van der Waals surface area contributed by atoms with Crippen LogP contribution < -0.4 is 0 Å². The van der Waals surface area contributed by atoms with Crippen molar-refractivity contribution in [2.75, 3.05) is 14.1 Å². The van der Waals surface area contributed by atoms with Crippen LogP contribution in [0.15, 0.2) is 0 Å². The first-order valence-electron chi connectivity index (χ1n) is 3.84. The SMILES string of the molecule is C[C@H](C(=O)N(C)C)C1CC1. The smallest absolute Gasteiger partial charge is 0.225 e. The fourth-order valence-electron chi connectivity index (χ4n) is 1.21. The normalized spacial score (nSPS) is 20.3. The monoisotopic (exact) mass is 141 g/mol. The van der Waals surface area contributed by atoms with Gasteiger partial charge in [0.1, 0.15) is 0 Å². The molecule has 1 fully saturated rings. The fraction of sp³-hybridized carbons (Fsp3) is 0.875. The highest BCUT2D eigenvalue weighted by atomic mass is 16.2.